The summed E-state index contributed by atoms with van der Waals surface area (Å²) in [7, 11) is -3.52. The fraction of sp³-hybridized carbons (Fsp3) is 0.357. The Morgan fingerprint density at radius 3 is 2.48 bits per heavy atom. The standard InChI is InChI=1S/C14H19N3O3S/c1-3-8-17(14-6-4-12(15)5-7-14)21(18,19)10-13-9-11(2)20-16-13/h4-7,9H,3,8,10,15H2,1-2H3. The van der Waals surface area contributed by atoms with Gasteiger partial charge < -0.3 is 10.3 Å². The molecule has 0 bridgehead atoms. The number of benzene rings is 1. The van der Waals surface area contributed by atoms with Gasteiger partial charge in [0, 0.05) is 18.3 Å². The highest BCUT2D eigenvalue weighted by molar-refractivity contribution is 7.92. The van der Waals surface area contributed by atoms with E-state index in [0.29, 0.717) is 35.8 Å². The third-order valence-electron chi connectivity index (χ3n) is 2.95. The highest BCUT2D eigenvalue weighted by Gasteiger charge is 2.23. The van der Waals surface area contributed by atoms with E-state index in [1.807, 2.05) is 6.92 Å². The molecule has 0 radical (unpaired) electrons. The number of sulfonamides is 1. The zero-order chi connectivity index (χ0) is 15.5. The molecule has 2 aromatic rings. The molecule has 6 nitrogen and oxygen atoms in total. The molecule has 21 heavy (non-hydrogen) atoms. The topological polar surface area (TPSA) is 89.4 Å². The van der Waals surface area contributed by atoms with Crippen molar-refractivity contribution in [3.63, 3.8) is 0 Å². The summed E-state index contributed by atoms with van der Waals surface area (Å²) in [6, 6.07) is 8.42. The molecule has 2 N–H and O–H groups in total. The van der Waals surface area contributed by atoms with E-state index in [2.05, 4.69) is 5.16 Å². The molecule has 2 rings (SSSR count). The van der Waals surface area contributed by atoms with E-state index in [0.717, 1.165) is 0 Å². The maximum atomic E-state index is 12.6. The first kappa shape index (κ1) is 15.4. The first-order valence-electron chi connectivity index (χ1n) is 6.70. The van der Waals surface area contributed by atoms with E-state index in [1.165, 1.54) is 4.31 Å². The SMILES string of the molecule is CCCN(c1ccc(N)cc1)S(=O)(=O)Cc1cc(C)on1. The molecule has 0 unspecified atom stereocenters. The van der Waals surface area contributed by atoms with E-state index in [4.69, 9.17) is 10.3 Å². The number of aromatic nitrogens is 1. The first-order chi connectivity index (χ1) is 9.92. The lowest BCUT2D eigenvalue weighted by molar-refractivity contribution is 0.392. The van der Waals surface area contributed by atoms with Gasteiger partial charge in [0.2, 0.25) is 10.0 Å². The molecule has 0 amide bonds. The predicted octanol–water partition coefficient (Wildman–Crippen LogP) is 2.31. The Morgan fingerprint density at radius 1 is 1.29 bits per heavy atom. The van der Waals surface area contributed by atoms with Crippen molar-refractivity contribution in [2.45, 2.75) is 26.0 Å². The molecule has 0 spiro atoms. The second kappa shape index (κ2) is 6.17. The fourth-order valence-corrected chi connectivity index (χ4v) is 3.59. The smallest absolute Gasteiger partial charge is 0.241 e. The molecule has 0 aliphatic heterocycles. The molecule has 0 aliphatic carbocycles. The summed E-state index contributed by atoms with van der Waals surface area (Å²) in [4.78, 5) is 0. The number of nitrogens with two attached hydrogens (primary N) is 1. The lowest BCUT2D eigenvalue weighted by Gasteiger charge is -2.23. The van der Waals surface area contributed by atoms with E-state index < -0.39 is 10.0 Å². The summed E-state index contributed by atoms with van der Waals surface area (Å²) in [5, 5.41) is 3.75. The zero-order valence-electron chi connectivity index (χ0n) is 12.1. The van der Waals surface area contributed by atoms with Crippen LogP contribution < -0.4 is 10.0 Å². The summed E-state index contributed by atoms with van der Waals surface area (Å²) < 4.78 is 31.5. The quantitative estimate of drug-likeness (QED) is 0.827. The van der Waals surface area contributed by atoms with Crippen LogP contribution in [0.25, 0.3) is 0 Å². The van der Waals surface area contributed by atoms with Gasteiger partial charge in [0.25, 0.3) is 0 Å². The van der Waals surface area contributed by atoms with Crippen LogP contribution in [0.1, 0.15) is 24.8 Å². The van der Waals surface area contributed by atoms with Crippen molar-refractivity contribution in [2.75, 3.05) is 16.6 Å². The average Bonchev–Trinajstić information content (AvgIpc) is 2.82. The summed E-state index contributed by atoms with van der Waals surface area (Å²) >= 11 is 0. The predicted molar refractivity (Wildman–Crippen MR) is 82.4 cm³/mol. The van der Waals surface area contributed by atoms with E-state index in [-0.39, 0.29) is 5.75 Å². The Labute approximate surface area is 124 Å². The zero-order valence-corrected chi connectivity index (χ0v) is 12.9. The van der Waals surface area contributed by atoms with Crippen molar-refractivity contribution < 1.29 is 12.9 Å². The van der Waals surface area contributed by atoms with Crippen molar-refractivity contribution in [3.05, 3.63) is 41.8 Å². The van der Waals surface area contributed by atoms with E-state index >= 15 is 0 Å². The number of rotatable bonds is 6. The van der Waals surface area contributed by atoms with Crippen LogP contribution in [0, 0.1) is 6.92 Å². The Hall–Kier alpha value is -2.02. The van der Waals surface area contributed by atoms with Crippen molar-refractivity contribution in [1.29, 1.82) is 0 Å². The van der Waals surface area contributed by atoms with Crippen LogP contribution in [-0.2, 0) is 15.8 Å². The maximum absolute atomic E-state index is 12.6. The molecule has 0 atom stereocenters. The van der Waals surface area contributed by atoms with Crippen LogP contribution in [0.4, 0.5) is 11.4 Å². The average molecular weight is 309 g/mol. The third-order valence-corrected chi connectivity index (χ3v) is 4.68. The van der Waals surface area contributed by atoms with Gasteiger partial charge in [-0.1, -0.05) is 12.1 Å². The molecule has 0 fully saturated rings. The Morgan fingerprint density at radius 2 is 1.95 bits per heavy atom. The van der Waals surface area contributed by atoms with Crippen molar-refractivity contribution in [1.82, 2.24) is 5.16 Å². The second-order valence-electron chi connectivity index (χ2n) is 4.85. The van der Waals surface area contributed by atoms with Crippen LogP contribution in [0.2, 0.25) is 0 Å². The fourth-order valence-electron chi connectivity index (χ4n) is 2.02. The normalized spacial score (nSPS) is 11.5. The van der Waals surface area contributed by atoms with Crippen LogP contribution in [-0.4, -0.2) is 20.1 Å². The summed E-state index contributed by atoms with van der Waals surface area (Å²) in [5.74, 6) is 0.407. The molecule has 1 aromatic carbocycles. The molecule has 7 heteroatoms. The van der Waals surface area contributed by atoms with Crippen molar-refractivity contribution in [2.24, 2.45) is 0 Å². The Bertz CT molecular complexity index is 693. The second-order valence-corrected chi connectivity index (χ2v) is 6.74. The molecule has 1 heterocycles. The lowest BCUT2D eigenvalue weighted by atomic mass is 10.3. The largest absolute Gasteiger partial charge is 0.399 e. The molecule has 114 valence electrons. The van der Waals surface area contributed by atoms with E-state index in [1.54, 1.807) is 37.3 Å². The number of nitrogen functional groups attached to an aromatic ring is 1. The minimum absolute atomic E-state index is 0.186. The Balaban J connectivity index is 2.29. The first-order valence-corrected chi connectivity index (χ1v) is 8.31. The minimum atomic E-state index is -3.52. The number of hydrogen-bond acceptors (Lipinski definition) is 5. The van der Waals surface area contributed by atoms with Gasteiger partial charge in [-0.25, -0.2) is 8.42 Å². The number of anilines is 2. The highest BCUT2D eigenvalue weighted by Crippen LogP contribution is 2.22. The molecule has 0 saturated heterocycles. The van der Waals surface area contributed by atoms with Crippen LogP contribution in [0.3, 0.4) is 0 Å². The van der Waals surface area contributed by atoms with Gasteiger partial charge >= 0.3 is 0 Å². The van der Waals surface area contributed by atoms with Crippen molar-refractivity contribution in [3.8, 4) is 0 Å². The summed E-state index contributed by atoms with van der Waals surface area (Å²) in [6.45, 7) is 4.07. The van der Waals surface area contributed by atoms with Gasteiger partial charge in [-0.05, 0) is 37.6 Å². The molecule has 0 saturated carbocycles. The number of hydrogen-bond donors (Lipinski definition) is 1. The van der Waals surface area contributed by atoms with Gasteiger partial charge in [-0.2, -0.15) is 0 Å². The van der Waals surface area contributed by atoms with Crippen molar-refractivity contribution >= 4 is 21.4 Å². The van der Waals surface area contributed by atoms with Gasteiger partial charge in [-0.3, -0.25) is 4.31 Å². The minimum Gasteiger partial charge on any atom is -0.399 e. The van der Waals surface area contributed by atoms with Gasteiger partial charge in [0.05, 0.1) is 5.69 Å². The number of nitrogens with zero attached hydrogens (tertiary/aromatic N) is 2. The van der Waals surface area contributed by atoms with Crippen LogP contribution in [0.15, 0.2) is 34.9 Å². The summed E-state index contributed by atoms with van der Waals surface area (Å²) in [6.07, 6.45) is 0.710. The van der Waals surface area contributed by atoms with E-state index in [9.17, 15) is 8.42 Å². The van der Waals surface area contributed by atoms with Crippen LogP contribution >= 0.6 is 0 Å². The number of aryl methyl sites for hydroxylation is 1. The lowest BCUT2D eigenvalue weighted by Crippen LogP contribution is -2.32. The molecular weight excluding hydrogens is 290 g/mol. The highest BCUT2D eigenvalue weighted by atomic mass is 32.2. The Kier molecular flexibility index (Phi) is 4.52. The maximum Gasteiger partial charge on any atom is 0.241 e. The molecular formula is C14H19N3O3S. The molecule has 0 aliphatic rings. The third kappa shape index (κ3) is 3.75. The monoisotopic (exact) mass is 309 g/mol. The van der Waals surface area contributed by atoms with Crippen LogP contribution in [0.5, 0.6) is 0 Å². The summed E-state index contributed by atoms with van der Waals surface area (Å²) in [5.41, 5.74) is 7.25. The molecule has 1 aromatic heterocycles. The van der Waals surface area contributed by atoms with Gasteiger partial charge in [0.1, 0.15) is 17.2 Å². The van der Waals surface area contributed by atoms with Gasteiger partial charge in [-0.15, -0.1) is 0 Å². The van der Waals surface area contributed by atoms with Gasteiger partial charge in [0.15, 0.2) is 0 Å².